The molecule has 0 spiro atoms. The van der Waals surface area contributed by atoms with Gasteiger partial charge in [-0.25, -0.2) is 4.98 Å². The third-order valence-corrected chi connectivity index (χ3v) is 3.61. The summed E-state index contributed by atoms with van der Waals surface area (Å²) >= 11 is 5.97. The van der Waals surface area contributed by atoms with Gasteiger partial charge in [-0.2, -0.15) is 5.10 Å². The molecule has 2 aromatic heterocycles. The molecule has 4 nitrogen and oxygen atoms in total. The highest BCUT2D eigenvalue weighted by Gasteiger charge is 2.27. The molecule has 1 atom stereocenters. The highest BCUT2D eigenvalue weighted by Crippen LogP contribution is 2.36. The molecule has 2 aromatic rings. The normalized spacial score (nSPS) is 19.4. The molecular weight excluding hydrogens is 248 g/mol. The predicted octanol–water partition coefficient (Wildman–Crippen LogP) is 2.81. The van der Waals surface area contributed by atoms with Crippen LogP contribution in [0.2, 0.25) is 5.15 Å². The highest BCUT2D eigenvalue weighted by atomic mass is 35.5. The zero-order valence-electron chi connectivity index (χ0n) is 10.3. The Balaban J connectivity index is 1.92. The van der Waals surface area contributed by atoms with Crippen LogP contribution in [-0.2, 0) is 7.05 Å². The summed E-state index contributed by atoms with van der Waals surface area (Å²) in [6.45, 7) is 1.06. The van der Waals surface area contributed by atoms with Gasteiger partial charge in [0.2, 0.25) is 0 Å². The van der Waals surface area contributed by atoms with Crippen molar-refractivity contribution >= 4 is 17.3 Å². The predicted molar refractivity (Wildman–Crippen MR) is 71.8 cm³/mol. The second kappa shape index (κ2) is 4.61. The van der Waals surface area contributed by atoms with Gasteiger partial charge in [0.25, 0.3) is 0 Å². The number of nitrogens with zero attached hydrogens (tertiary/aromatic N) is 4. The molecule has 1 unspecified atom stereocenters. The van der Waals surface area contributed by atoms with Gasteiger partial charge in [-0.1, -0.05) is 11.6 Å². The maximum atomic E-state index is 5.97. The Labute approximate surface area is 111 Å². The standard InChI is InChI=1S/C13H15ClN4/c1-17-9-10(8-16-17)12-3-2-6-18(12)11-4-5-15-13(14)7-11/h4-5,7-9,12H,2-3,6H2,1H3. The zero-order chi connectivity index (χ0) is 12.5. The first kappa shape index (κ1) is 11.5. The van der Waals surface area contributed by atoms with Crippen LogP contribution in [0.3, 0.4) is 0 Å². The maximum absolute atomic E-state index is 5.97. The van der Waals surface area contributed by atoms with Crippen LogP contribution in [0.25, 0.3) is 0 Å². The minimum absolute atomic E-state index is 0.400. The summed E-state index contributed by atoms with van der Waals surface area (Å²) in [7, 11) is 1.95. The summed E-state index contributed by atoms with van der Waals surface area (Å²) in [5, 5.41) is 4.80. The van der Waals surface area contributed by atoms with Gasteiger partial charge in [0.05, 0.1) is 12.2 Å². The summed E-state index contributed by atoms with van der Waals surface area (Å²) in [5.41, 5.74) is 2.41. The number of aryl methyl sites for hydroxylation is 1. The van der Waals surface area contributed by atoms with Crippen molar-refractivity contribution in [2.24, 2.45) is 7.05 Å². The van der Waals surface area contributed by atoms with Crippen molar-refractivity contribution in [2.75, 3.05) is 11.4 Å². The lowest BCUT2D eigenvalue weighted by Gasteiger charge is -2.26. The molecule has 0 amide bonds. The lowest BCUT2D eigenvalue weighted by Crippen LogP contribution is -2.22. The van der Waals surface area contributed by atoms with E-state index < -0.39 is 0 Å². The number of rotatable bonds is 2. The third kappa shape index (κ3) is 2.08. The number of pyridine rings is 1. The molecule has 5 heteroatoms. The van der Waals surface area contributed by atoms with E-state index >= 15 is 0 Å². The summed E-state index contributed by atoms with van der Waals surface area (Å²) in [6, 6.07) is 4.34. The molecule has 18 heavy (non-hydrogen) atoms. The Morgan fingerprint density at radius 3 is 3.06 bits per heavy atom. The van der Waals surface area contributed by atoms with E-state index in [0.29, 0.717) is 11.2 Å². The lowest BCUT2D eigenvalue weighted by molar-refractivity contribution is 0.714. The van der Waals surface area contributed by atoms with Crippen molar-refractivity contribution in [3.8, 4) is 0 Å². The van der Waals surface area contributed by atoms with Crippen LogP contribution in [0.15, 0.2) is 30.7 Å². The van der Waals surface area contributed by atoms with Gasteiger partial charge in [-0.05, 0) is 25.0 Å². The molecular formula is C13H15ClN4. The van der Waals surface area contributed by atoms with Crippen LogP contribution < -0.4 is 4.90 Å². The maximum Gasteiger partial charge on any atom is 0.131 e. The molecule has 94 valence electrons. The van der Waals surface area contributed by atoms with Crippen molar-refractivity contribution in [3.05, 3.63) is 41.4 Å². The fraction of sp³-hybridized carbons (Fsp3) is 0.385. The minimum atomic E-state index is 0.400. The van der Waals surface area contributed by atoms with Crippen molar-refractivity contribution < 1.29 is 0 Å². The molecule has 0 aromatic carbocycles. The fourth-order valence-electron chi connectivity index (χ4n) is 2.61. The summed E-state index contributed by atoms with van der Waals surface area (Å²) in [5.74, 6) is 0. The second-order valence-corrected chi connectivity index (χ2v) is 5.02. The van der Waals surface area contributed by atoms with Gasteiger partial charge < -0.3 is 4.90 Å². The van der Waals surface area contributed by atoms with Gasteiger partial charge in [-0.15, -0.1) is 0 Å². The van der Waals surface area contributed by atoms with Crippen molar-refractivity contribution in [1.82, 2.24) is 14.8 Å². The number of hydrogen-bond donors (Lipinski definition) is 0. The molecule has 0 aliphatic carbocycles. The topological polar surface area (TPSA) is 34.0 Å². The SMILES string of the molecule is Cn1cc(C2CCCN2c2ccnc(Cl)c2)cn1. The van der Waals surface area contributed by atoms with Crippen molar-refractivity contribution in [1.29, 1.82) is 0 Å². The van der Waals surface area contributed by atoms with Crippen LogP contribution in [-0.4, -0.2) is 21.3 Å². The number of halogens is 1. The first-order valence-corrected chi connectivity index (χ1v) is 6.48. The van der Waals surface area contributed by atoms with Gasteiger partial charge in [0, 0.05) is 37.2 Å². The number of anilines is 1. The van der Waals surface area contributed by atoms with Gasteiger partial charge in [-0.3, -0.25) is 4.68 Å². The molecule has 1 aliphatic rings. The fourth-order valence-corrected chi connectivity index (χ4v) is 2.77. The van der Waals surface area contributed by atoms with E-state index in [2.05, 4.69) is 21.2 Å². The lowest BCUT2D eigenvalue weighted by atomic mass is 10.1. The molecule has 0 N–H and O–H groups in total. The summed E-state index contributed by atoms with van der Waals surface area (Å²) in [4.78, 5) is 6.41. The minimum Gasteiger partial charge on any atom is -0.364 e. The van der Waals surface area contributed by atoms with E-state index in [-0.39, 0.29) is 0 Å². The van der Waals surface area contributed by atoms with E-state index in [0.717, 1.165) is 18.7 Å². The van der Waals surface area contributed by atoms with Crippen molar-refractivity contribution in [2.45, 2.75) is 18.9 Å². The average Bonchev–Trinajstić information content (AvgIpc) is 2.96. The quantitative estimate of drug-likeness (QED) is 0.781. The van der Waals surface area contributed by atoms with Gasteiger partial charge in [0.1, 0.15) is 5.15 Å². The molecule has 0 saturated carbocycles. The molecule has 1 saturated heterocycles. The Hall–Kier alpha value is -1.55. The zero-order valence-corrected chi connectivity index (χ0v) is 11.0. The van der Waals surface area contributed by atoms with E-state index in [9.17, 15) is 0 Å². The first-order valence-electron chi connectivity index (χ1n) is 6.11. The molecule has 0 bridgehead atoms. The smallest absolute Gasteiger partial charge is 0.131 e. The van der Waals surface area contributed by atoms with Crippen LogP contribution in [0.1, 0.15) is 24.4 Å². The Kier molecular flexibility index (Phi) is 2.96. The van der Waals surface area contributed by atoms with Crippen LogP contribution >= 0.6 is 11.6 Å². The Morgan fingerprint density at radius 1 is 1.44 bits per heavy atom. The first-order chi connectivity index (χ1) is 8.74. The summed E-state index contributed by atoms with van der Waals surface area (Å²) in [6.07, 6.45) is 8.15. The van der Waals surface area contributed by atoms with E-state index in [1.54, 1.807) is 6.20 Å². The van der Waals surface area contributed by atoms with Crippen LogP contribution in [0.4, 0.5) is 5.69 Å². The van der Waals surface area contributed by atoms with E-state index in [1.165, 1.54) is 12.0 Å². The van der Waals surface area contributed by atoms with Crippen LogP contribution in [0, 0.1) is 0 Å². The number of hydrogen-bond acceptors (Lipinski definition) is 3. The number of aromatic nitrogens is 3. The largest absolute Gasteiger partial charge is 0.364 e. The Morgan fingerprint density at radius 2 is 2.33 bits per heavy atom. The molecule has 1 fully saturated rings. The van der Waals surface area contributed by atoms with Crippen molar-refractivity contribution in [3.63, 3.8) is 0 Å². The van der Waals surface area contributed by atoms with E-state index in [1.807, 2.05) is 30.1 Å². The highest BCUT2D eigenvalue weighted by molar-refractivity contribution is 6.29. The third-order valence-electron chi connectivity index (χ3n) is 3.40. The molecule has 1 aliphatic heterocycles. The average molecular weight is 263 g/mol. The molecule has 3 heterocycles. The van der Waals surface area contributed by atoms with Gasteiger partial charge >= 0.3 is 0 Å². The molecule has 0 radical (unpaired) electrons. The molecule has 3 rings (SSSR count). The monoisotopic (exact) mass is 262 g/mol. The second-order valence-electron chi connectivity index (χ2n) is 4.64. The van der Waals surface area contributed by atoms with Crippen LogP contribution in [0.5, 0.6) is 0 Å². The van der Waals surface area contributed by atoms with E-state index in [4.69, 9.17) is 11.6 Å². The summed E-state index contributed by atoms with van der Waals surface area (Å²) < 4.78 is 1.85. The Bertz CT molecular complexity index is 551. The van der Waals surface area contributed by atoms with Gasteiger partial charge in [0.15, 0.2) is 0 Å².